The van der Waals surface area contributed by atoms with Crippen LogP contribution in [0.4, 0.5) is 0 Å². The number of imide groups is 1. The summed E-state index contributed by atoms with van der Waals surface area (Å²) in [5.41, 5.74) is 1.47. The zero-order valence-corrected chi connectivity index (χ0v) is 17.0. The second-order valence-corrected chi connectivity index (χ2v) is 7.62. The topological polar surface area (TPSA) is 87.6 Å². The van der Waals surface area contributed by atoms with Gasteiger partial charge in [0.25, 0.3) is 17.4 Å². The van der Waals surface area contributed by atoms with Crippen LogP contribution in [0.2, 0.25) is 0 Å². The highest BCUT2D eigenvalue weighted by molar-refractivity contribution is 6.21. The van der Waals surface area contributed by atoms with Crippen molar-refractivity contribution < 1.29 is 14.5 Å². The Morgan fingerprint density at radius 1 is 0.933 bits per heavy atom. The highest BCUT2D eigenvalue weighted by Crippen LogP contribution is 2.21. The molecule has 7 heteroatoms. The number of unbranched alkanes of at least 4 members (excludes halogenated alkanes) is 1. The second-order valence-electron chi connectivity index (χ2n) is 7.62. The van der Waals surface area contributed by atoms with Crippen molar-refractivity contribution in [3.63, 3.8) is 0 Å². The molecule has 2 N–H and O–H groups in total. The number of aromatic amines is 1. The number of quaternary nitrogens is 1. The van der Waals surface area contributed by atoms with Gasteiger partial charge in [0.2, 0.25) is 0 Å². The number of fused-ring (bicyclic) bond motifs is 2. The SMILES string of the molecule is CCCC[NH+](CCN1C(=O)c2ccccc2C1=O)Cc1nc2ccccc2c(=O)[nH]1. The van der Waals surface area contributed by atoms with Crippen LogP contribution in [0.1, 0.15) is 46.3 Å². The standard InChI is InChI=1S/C23H24N4O3/c1-2-3-12-26(15-20-24-19-11-7-6-10-18(19)21(28)25-20)13-14-27-22(29)16-8-4-5-9-17(16)23(27)30/h4-11H,2-3,12-15H2,1H3,(H,24,25,28)/p+1. The van der Waals surface area contributed by atoms with Gasteiger partial charge in [-0.1, -0.05) is 37.6 Å². The molecule has 7 nitrogen and oxygen atoms in total. The molecule has 30 heavy (non-hydrogen) atoms. The van der Waals surface area contributed by atoms with Gasteiger partial charge in [0, 0.05) is 0 Å². The van der Waals surface area contributed by atoms with Gasteiger partial charge in [-0.15, -0.1) is 0 Å². The predicted octanol–water partition coefficient (Wildman–Crippen LogP) is 1.40. The van der Waals surface area contributed by atoms with Crippen LogP contribution in [-0.4, -0.2) is 46.3 Å². The number of hydrogen-bond acceptors (Lipinski definition) is 4. The fourth-order valence-electron chi connectivity index (χ4n) is 3.90. The van der Waals surface area contributed by atoms with Gasteiger partial charge in [-0.2, -0.15) is 0 Å². The minimum Gasteiger partial charge on any atom is -0.327 e. The Kier molecular flexibility index (Phi) is 5.72. The average molecular weight is 405 g/mol. The molecule has 0 aliphatic carbocycles. The van der Waals surface area contributed by atoms with Crippen LogP contribution in [0.3, 0.4) is 0 Å². The first-order valence-electron chi connectivity index (χ1n) is 10.3. The van der Waals surface area contributed by atoms with Crippen LogP contribution in [0.25, 0.3) is 10.9 Å². The molecule has 3 aromatic rings. The van der Waals surface area contributed by atoms with Crippen LogP contribution in [0.15, 0.2) is 53.3 Å². The van der Waals surface area contributed by atoms with Crippen molar-refractivity contribution in [3.05, 3.63) is 75.8 Å². The number of nitrogens with one attached hydrogen (secondary N) is 2. The Labute approximate surface area is 174 Å². The number of rotatable bonds is 8. The van der Waals surface area contributed by atoms with Crippen molar-refractivity contribution in [2.24, 2.45) is 0 Å². The summed E-state index contributed by atoms with van der Waals surface area (Å²) in [5, 5.41) is 0.572. The van der Waals surface area contributed by atoms with E-state index in [0.717, 1.165) is 19.4 Å². The molecule has 1 aromatic heterocycles. The zero-order chi connectivity index (χ0) is 21.1. The molecular formula is C23H25N4O3+. The van der Waals surface area contributed by atoms with E-state index >= 15 is 0 Å². The van der Waals surface area contributed by atoms with E-state index in [4.69, 9.17) is 0 Å². The molecule has 2 aromatic carbocycles. The minimum absolute atomic E-state index is 0.147. The van der Waals surface area contributed by atoms with Gasteiger partial charge >= 0.3 is 0 Å². The number of hydrogen-bond donors (Lipinski definition) is 2. The normalized spacial score (nSPS) is 14.4. The van der Waals surface area contributed by atoms with Crippen molar-refractivity contribution in [2.45, 2.75) is 26.3 Å². The lowest BCUT2D eigenvalue weighted by atomic mass is 10.1. The van der Waals surface area contributed by atoms with Crippen LogP contribution >= 0.6 is 0 Å². The molecule has 0 fully saturated rings. The van der Waals surface area contributed by atoms with Crippen molar-refractivity contribution in [1.82, 2.24) is 14.9 Å². The number of H-pyrrole nitrogens is 1. The largest absolute Gasteiger partial charge is 0.327 e. The third kappa shape index (κ3) is 3.89. The summed E-state index contributed by atoms with van der Waals surface area (Å²) in [6.07, 6.45) is 2.05. The van der Waals surface area contributed by atoms with Crippen LogP contribution < -0.4 is 10.5 Å². The second kappa shape index (κ2) is 8.59. The average Bonchev–Trinajstić information content (AvgIpc) is 3.00. The number of amides is 2. The number of nitrogens with zero attached hydrogens (tertiary/aromatic N) is 2. The predicted molar refractivity (Wildman–Crippen MR) is 113 cm³/mol. The molecule has 0 spiro atoms. The lowest BCUT2D eigenvalue weighted by Gasteiger charge is -2.22. The van der Waals surface area contributed by atoms with Crippen molar-refractivity contribution in [1.29, 1.82) is 0 Å². The molecule has 0 saturated heterocycles. The number of aromatic nitrogens is 2. The van der Waals surface area contributed by atoms with Gasteiger partial charge in [-0.3, -0.25) is 19.3 Å². The van der Waals surface area contributed by atoms with Crippen LogP contribution in [0, 0.1) is 0 Å². The van der Waals surface area contributed by atoms with Gasteiger partial charge in [0.1, 0.15) is 6.54 Å². The van der Waals surface area contributed by atoms with Crippen molar-refractivity contribution >= 4 is 22.7 Å². The Bertz CT molecular complexity index is 1120. The number of para-hydroxylation sites is 1. The Balaban J connectivity index is 1.49. The van der Waals surface area contributed by atoms with E-state index in [1.165, 1.54) is 9.80 Å². The summed E-state index contributed by atoms with van der Waals surface area (Å²) in [6, 6.07) is 14.2. The smallest absolute Gasteiger partial charge is 0.261 e. The van der Waals surface area contributed by atoms with Crippen LogP contribution in [0.5, 0.6) is 0 Å². The fourth-order valence-corrected chi connectivity index (χ4v) is 3.90. The zero-order valence-electron chi connectivity index (χ0n) is 17.0. The maximum atomic E-state index is 12.6. The maximum Gasteiger partial charge on any atom is 0.261 e. The molecule has 4 rings (SSSR count). The Hall–Kier alpha value is -3.32. The van der Waals surface area contributed by atoms with Gasteiger partial charge in [0.15, 0.2) is 5.82 Å². The van der Waals surface area contributed by atoms with E-state index in [-0.39, 0.29) is 17.4 Å². The fraction of sp³-hybridized carbons (Fsp3) is 0.304. The molecule has 1 unspecified atom stereocenters. The summed E-state index contributed by atoms with van der Waals surface area (Å²) < 4.78 is 0. The molecule has 2 heterocycles. The number of carbonyl (C=O) groups is 2. The van der Waals surface area contributed by atoms with E-state index in [1.807, 2.05) is 18.2 Å². The van der Waals surface area contributed by atoms with E-state index in [9.17, 15) is 14.4 Å². The number of benzene rings is 2. The maximum absolute atomic E-state index is 12.6. The quantitative estimate of drug-likeness (QED) is 0.555. The Morgan fingerprint density at radius 2 is 1.60 bits per heavy atom. The third-order valence-corrected chi connectivity index (χ3v) is 5.53. The highest BCUT2D eigenvalue weighted by atomic mass is 16.2. The van der Waals surface area contributed by atoms with Crippen LogP contribution in [-0.2, 0) is 6.54 Å². The van der Waals surface area contributed by atoms with Crippen molar-refractivity contribution in [3.8, 4) is 0 Å². The summed E-state index contributed by atoms with van der Waals surface area (Å²) in [6.45, 7) is 4.46. The summed E-state index contributed by atoms with van der Waals surface area (Å²) >= 11 is 0. The van der Waals surface area contributed by atoms with Gasteiger partial charge in [-0.25, -0.2) is 4.98 Å². The first kappa shape index (κ1) is 20.0. The van der Waals surface area contributed by atoms with E-state index in [0.29, 0.717) is 47.5 Å². The Morgan fingerprint density at radius 3 is 2.30 bits per heavy atom. The molecular weight excluding hydrogens is 380 g/mol. The molecule has 154 valence electrons. The van der Waals surface area contributed by atoms with E-state index in [1.54, 1.807) is 30.3 Å². The molecule has 2 amide bonds. The third-order valence-electron chi connectivity index (χ3n) is 5.53. The van der Waals surface area contributed by atoms with Gasteiger partial charge < -0.3 is 9.88 Å². The summed E-state index contributed by atoms with van der Waals surface area (Å²) in [4.78, 5) is 47.6. The first-order valence-corrected chi connectivity index (χ1v) is 10.3. The van der Waals surface area contributed by atoms with E-state index < -0.39 is 0 Å². The van der Waals surface area contributed by atoms with Crippen molar-refractivity contribution in [2.75, 3.05) is 19.6 Å². The molecule has 1 aliphatic rings. The summed E-state index contributed by atoms with van der Waals surface area (Å²) in [7, 11) is 0. The highest BCUT2D eigenvalue weighted by Gasteiger charge is 2.35. The minimum atomic E-state index is -0.234. The monoisotopic (exact) mass is 405 g/mol. The lowest BCUT2D eigenvalue weighted by molar-refractivity contribution is -0.914. The molecule has 1 aliphatic heterocycles. The number of carbonyl (C=O) groups excluding carboxylic acids is 2. The van der Waals surface area contributed by atoms with E-state index in [2.05, 4.69) is 16.9 Å². The first-order chi connectivity index (χ1) is 14.6. The summed E-state index contributed by atoms with van der Waals surface area (Å²) in [5.74, 6) is 0.150. The molecule has 0 radical (unpaired) electrons. The molecule has 1 atom stereocenters. The lowest BCUT2D eigenvalue weighted by Crippen LogP contribution is -3.11. The van der Waals surface area contributed by atoms with Gasteiger partial charge in [0.05, 0.1) is 41.7 Å². The van der Waals surface area contributed by atoms with Gasteiger partial charge in [-0.05, 0) is 30.7 Å². The molecule has 0 saturated carbocycles. The molecule has 0 bridgehead atoms.